The van der Waals surface area contributed by atoms with Gasteiger partial charge in [-0.25, -0.2) is 0 Å². The largest absolute Gasteiger partial charge is 0.494 e. The molecular weight excluding hydrogens is 466 g/mol. The van der Waals surface area contributed by atoms with E-state index in [1.165, 1.54) is 4.90 Å². The molecular formula is C30H31N3O4. The van der Waals surface area contributed by atoms with Crippen molar-refractivity contribution in [2.45, 2.75) is 31.4 Å². The average Bonchev–Trinajstić information content (AvgIpc) is 3.19. The molecule has 0 radical (unpaired) electrons. The maximum absolute atomic E-state index is 12.6. The molecule has 5 atom stereocenters. The standard InChI is InChI=1S/C30H31N3O4/c1-2-19-18-32-14-11-20(19)16-27(32)28(34)22-10-12-31-26-9-8-21(17-25(22)26)37-15-5-13-33-29(35)23-6-3-4-7-24(23)30(33)36/h2-4,6-10,12,17,19-20,27-28,34H,1,5,11,13-16,18H2/t19-,20-,27+,28-/m0/s1. The number of hydrogen-bond donors (Lipinski definition) is 1. The highest BCUT2D eigenvalue weighted by Crippen LogP contribution is 2.42. The average molecular weight is 498 g/mol. The van der Waals surface area contributed by atoms with Gasteiger partial charge in [-0.15, -0.1) is 6.58 Å². The molecule has 7 rings (SSSR count). The molecule has 4 aliphatic rings. The molecule has 1 N–H and O–H groups in total. The highest BCUT2D eigenvalue weighted by atomic mass is 16.5. The zero-order valence-corrected chi connectivity index (χ0v) is 20.8. The van der Waals surface area contributed by atoms with Gasteiger partial charge < -0.3 is 9.84 Å². The number of rotatable bonds is 8. The van der Waals surface area contributed by atoms with Crippen molar-refractivity contribution in [3.05, 3.63) is 84.1 Å². The second kappa shape index (κ2) is 9.72. The van der Waals surface area contributed by atoms with Gasteiger partial charge in [-0.05, 0) is 79.6 Å². The van der Waals surface area contributed by atoms with Crippen LogP contribution in [0.2, 0.25) is 0 Å². The molecule has 5 heterocycles. The molecule has 2 amide bonds. The van der Waals surface area contributed by atoms with Crippen LogP contribution in [0.4, 0.5) is 0 Å². The van der Waals surface area contributed by atoms with Crippen LogP contribution in [0.3, 0.4) is 0 Å². The Labute approximate surface area is 216 Å². The first-order chi connectivity index (χ1) is 18.0. The number of nitrogens with zero attached hydrogens (tertiary/aromatic N) is 3. The Morgan fingerprint density at radius 3 is 2.62 bits per heavy atom. The molecule has 3 aromatic rings. The smallest absolute Gasteiger partial charge is 0.261 e. The molecule has 37 heavy (non-hydrogen) atoms. The summed E-state index contributed by atoms with van der Waals surface area (Å²) in [5.41, 5.74) is 2.61. The first-order valence-electron chi connectivity index (χ1n) is 13.1. The summed E-state index contributed by atoms with van der Waals surface area (Å²) in [5, 5.41) is 12.4. The van der Waals surface area contributed by atoms with E-state index < -0.39 is 6.10 Å². The third kappa shape index (κ3) is 4.22. The summed E-state index contributed by atoms with van der Waals surface area (Å²) in [6.07, 6.45) is 5.87. The van der Waals surface area contributed by atoms with Gasteiger partial charge in [-0.3, -0.25) is 24.4 Å². The number of aliphatic hydroxyl groups excluding tert-OH is 1. The van der Waals surface area contributed by atoms with Crippen LogP contribution in [0.1, 0.15) is 51.6 Å². The number of amides is 2. The van der Waals surface area contributed by atoms with E-state index in [-0.39, 0.29) is 17.9 Å². The Bertz CT molecular complexity index is 1340. The van der Waals surface area contributed by atoms with Gasteiger partial charge in [0.1, 0.15) is 5.75 Å². The van der Waals surface area contributed by atoms with Crippen molar-refractivity contribution in [3.8, 4) is 5.75 Å². The summed E-state index contributed by atoms with van der Waals surface area (Å²) in [5.74, 6) is 1.27. The SMILES string of the molecule is C=C[C@H]1CN2CC[C@H]1C[C@@H]2[C@@H](O)c1ccnc2ccc(OCCCN3C(=O)c4ccccc4C3=O)cc12. The second-order valence-electron chi connectivity index (χ2n) is 10.3. The Morgan fingerprint density at radius 1 is 1.14 bits per heavy atom. The van der Waals surface area contributed by atoms with Crippen molar-refractivity contribution >= 4 is 22.7 Å². The number of aromatic nitrogens is 1. The minimum absolute atomic E-state index is 0.0878. The van der Waals surface area contributed by atoms with Gasteiger partial charge in [-0.2, -0.15) is 0 Å². The lowest BCUT2D eigenvalue weighted by Crippen LogP contribution is -2.54. The number of carbonyl (C=O) groups is 2. The molecule has 4 aliphatic heterocycles. The van der Waals surface area contributed by atoms with E-state index in [1.807, 2.05) is 24.3 Å². The first-order valence-corrected chi connectivity index (χ1v) is 13.1. The van der Waals surface area contributed by atoms with Gasteiger partial charge >= 0.3 is 0 Å². The van der Waals surface area contributed by atoms with Crippen molar-refractivity contribution in [1.82, 2.24) is 14.8 Å². The molecule has 0 spiro atoms. The molecule has 0 aliphatic carbocycles. The molecule has 2 aromatic carbocycles. The summed E-state index contributed by atoms with van der Waals surface area (Å²) in [6, 6.07) is 14.6. The van der Waals surface area contributed by atoms with E-state index in [4.69, 9.17) is 4.74 Å². The zero-order chi connectivity index (χ0) is 25.5. The van der Waals surface area contributed by atoms with E-state index in [2.05, 4.69) is 22.5 Å². The third-order valence-electron chi connectivity index (χ3n) is 8.26. The lowest BCUT2D eigenvalue weighted by Gasteiger charge is -2.50. The van der Waals surface area contributed by atoms with E-state index in [0.29, 0.717) is 48.3 Å². The number of piperidine rings is 3. The lowest BCUT2D eigenvalue weighted by atomic mass is 9.73. The fourth-order valence-electron chi connectivity index (χ4n) is 6.26. The Hall–Kier alpha value is -3.55. The summed E-state index contributed by atoms with van der Waals surface area (Å²) in [6.45, 7) is 6.64. The maximum atomic E-state index is 12.6. The third-order valence-corrected chi connectivity index (χ3v) is 8.26. The van der Waals surface area contributed by atoms with Crippen LogP contribution in [0, 0.1) is 11.8 Å². The minimum atomic E-state index is -0.608. The maximum Gasteiger partial charge on any atom is 0.261 e. The number of aliphatic hydroxyl groups is 1. The predicted molar refractivity (Wildman–Crippen MR) is 140 cm³/mol. The van der Waals surface area contributed by atoms with Gasteiger partial charge in [0.15, 0.2) is 0 Å². The van der Waals surface area contributed by atoms with Crippen LogP contribution in [0.15, 0.2) is 67.4 Å². The topological polar surface area (TPSA) is 83.0 Å². The quantitative estimate of drug-likeness (QED) is 0.285. The van der Waals surface area contributed by atoms with E-state index in [1.54, 1.807) is 30.5 Å². The molecule has 7 nitrogen and oxygen atoms in total. The zero-order valence-electron chi connectivity index (χ0n) is 20.8. The van der Waals surface area contributed by atoms with Gasteiger partial charge in [0.25, 0.3) is 11.8 Å². The van der Waals surface area contributed by atoms with Crippen molar-refractivity contribution in [2.75, 3.05) is 26.2 Å². The number of imide groups is 1. The fourth-order valence-corrected chi connectivity index (χ4v) is 6.26. The number of carbonyl (C=O) groups excluding carboxylic acids is 2. The summed E-state index contributed by atoms with van der Waals surface area (Å²) >= 11 is 0. The van der Waals surface area contributed by atoms with Crippen molar-refractivity contribution in [1.29, 1.82) is 0 Å². The number of hydrogen-bond acceptors (Lipinski definition) is 6. The number of pyridine rings is 1. The van der Waals surface area contributed by atoms with Crippen LogP contribution >= 0.6 is 0 Å². The van der Waals surface area contributed by atoms with Gasteiger partial charge in [0.2, 0.25) is 0 Å². The Kier molecular flexibility index (Phi) is 6.26. The molecule has 190 valence electrons. The van der Waals surface area contributed by atoms with Crippen LogP contribution in [0.5, 0.6) is 5.75 Å². The van der Waals surface area contributed by atoms with E-state index >= 15 is 0 Å². The molecule has 0 saturated carbocycles. The lowest BCUT2D eigenvalue weighted by molar-refractivity contribution is -0.0444. The molecule has 7 heteroatoms. The van der Waals surface area contributed by atoms with E-state index in [0.717, 1.165) is 42.4 Å². The van der Waals surface area contributed by atoms with E-state index in [9.17, 15) is 14.7 Å². The van der Waals surface area contributed by atoms with Gasteiger partial charge in [-0.1, -0.05) is 18.2 Å². The normalized spacial score (nSPS) is 25.4. The minimum Gasteiger partial charge on any atom is -0.494 e. The number of fused-ring (bicyclic) bond motifs is 5. The van der Waals surface area contributed by atoms with Crippen LogP contribution < -0.4 is 4.74 Å². The van der Waals surface area contributed by atoms with Gasteiger partial charge in [0, 0.05) is 30.7 Å². The summed E-state index contributed by atoms with van der Waals surface area (Å²) in [7, 11) is 0. The van der Waals surface area contributed by atoms with Crippen LogP contribution in [-0.2, 0) is 0 Å². The Balaban J connectivity index is 1.13. The Morgan fingerprint density at radius 2 is 1.92 bits per heavy atom. The molecule has 2 bridgehead atoms. The van der Waals surface area contributed by atoms with Crippen LogP contribution in [0.25, 0.3) is 10.9 Å². The first kappa shape index (κ1) is 23.8. The molecule has 3 fully saturated rings. The summed E-state index contributed by atoms with van der Waals surface area (Å²) in [4.78, 5) is 33.3. The highest BCUT2D eigenvalue weighted by molar-refractivity contribution is 6.21. The van der Waals surface area contributed by atoms with Gasteiger partial charge in [0.05, 0.1) is 29.4 Å². The predicted octanol–water partition coefficient (Wildman–Crippen LogP) is 4.23. The highest BCUT2D eigenvalue weighted by Gasteiger charge is 2.42. The second-order valence-corrected chi connectivity index (χ2v) is 10.3. The fraction of sp³-hybridized carbons (Fsp3) is 0.367. The van der Waals surface area contributed by atoms with Crippen LogP contribution in [-0.4, -0.2) is 64.0 Å². The number of benzene rings is 2. The molecule has 1 aromatic heterocycles. The molecule has 1 unspecified atom stereocenters. The van der Waals surface area contributed by atoms with Crippen molar-refractivity contribution in [3.63, 3.8) is 0 Å². The van der Waals surface area contributed by atoms with Crippen molar-refractivity contribution < 1.29 is 19.4 Å². The van der Waals surface area contributed by atoms with Crippen molar-refractivity contribution in [2.24, 2.45) is 11.8 Å². The number of ether oxygens (including phenoxy) is 1. The monoisotopic (exact) mass is 497 g/mol. The summed E-state index contributed by atoms with van der Waals surface area (Å²) < 4.78 is 6.00. The molecule has 3 saturated heterocycles.